The third-order valence-electron chi connectivity index (χ3n) is 5.34. The first-order valence-corrected chi connectivity index (χ1v) is 12.0. The number of carbonyl (C=O) groups is 2. The Balaban J connectivity index is 1.97. The molecule has 1 aliphatic rings. The maximum atomic E-state index is 13.3. The number of aromatic nitrogens is 1. The number of nitrogens with two attached hydrogens (primary N) is 1. The molecule has 0 atom stereocenters. The Kier molecular flexibility index (Phi) is 7.00. The van der Waals surface area contributed by atoms with Gasteiger partial charge in [0.05, 0.1) is 0 Å². The molecule has 31 heavy (non-hydrogen) atoms. The molecule has 0 bridgehead atoms. The highest BCUT2D eigenvalue weighted by molar-refractivity contribution is 7.89. The summed E-state index contributed by atoms with van der Waals surface area (Å²) >= 11 is 12.1. The second-order valence-corrected chi connectivity index (χ2v) is 10.3. The Labute approximate surface area is 191 Å². The second-order valence-electron chi connectivity index (χ2n) is 7.56. The van der Waals surface area contributed by atoms with Gasteiger partial charge in [-0.25, -0.2) is 8.42 Å². The molecule has 0 aliphatic carbocycles. The predicted octanol–water partition coefficient (Wildman–Crippen LogP) is 3.18. The lowest BCUT2D eigenvalue weighted by molar-refractivity contribution is 0.0779. The highest BCUT2D eigenvalue weighted by Crippen LogP contribution is 2.30. The van der Waals surface area contributed by atoms with Crippen molar-refractivity contribution in [1.82, 2.24) is 14.2 Å². The topological polar surface area (TPSA) is 117 Å². The molecule has 3 N–H and O–H groups in total. The number of halogens is 2. The Morgan fingerprint density at radius 1 is 1.16 bits per heavy atom. The average molecular weight is 487 g/mol. The Morgan fingerprint density at radius 3 is 2.39 bits per heavy atom. The van der Waals surface area contributed by atoms with Crippen LogP contribution in [0.5, 0.6) is 0 Å². The highest BCUT2D eigenvalue weighted by Gasteiger charge is 2.35. The fourth-order valence-electron chi connectivity index (χ4n) is 3.69. The number of benzene rings is 1. The van der Waals surface area contributed by atoms with Crippen LogP contribution in [-0.2, 0) is 16.6 Å². The van der Waals surface area contributed by atoms with E-state index in [-0.39, 0.29) is 28.4 Å². The van der Waals surface area contributed by atoms with Gasteiger partial charge >= 0.3 is 0 Å². The lowest BCUT2D eigenvalue weighted by Crippen LogP contribution is -2.36. The molecule has 2 heterocycles. The van der Waals surface area contributed by atoms with Crippen molar-refractivity contribution in [2.45, 2.75) is 37.6 Å². The number of aromatic amines is 1. The van der Waals surface area contributed by atoms with E-state index in [2.05, 4.69) is 4.98 Å². The largest absolute Gasteiger partial charge is 0.364 e. The number of piperidine rings is 1. The molecule has 2 aromatic rings. The molecule has 3 rings (SSSR count). The number of carbonyl (C=O) groups excluding carboxylic acids is 2. The molecule has 11 heteroatoms. The van der Waals surface area contributed by atoms with Crippen LogP contribution < -0.4 is 5.73 Å². The Hall–Kier alpha value is -2.07. The molecule has 0 spiro atoms. The molecule has 0 unspecified atom stereocenters. The van der Waals surface area contributed by atoms with Crippen LogP contribution in [0, 0.1) is 6.92 Å². The van der Waals surface area contributed by atoms with Crippen molar-refractivity contribution in [3.8, 4) is 0 Å². The molecule has 168 valence electrons. The number of sulfonamides is 1. The number of H-pyrrole nitrogens is 1. The third kappa shape index (κ3) is 4.74. The maximum Gasteiger partial charge on any atom is 0.270 e. The van der Waals surface area contributed by atoms with Crippen molar-refractivity contribution in [1.29, 1.82) is 0 Å². The lowest BCUT2D eigenvalue weighted by atomic mass is 10.2. The van der Waals surface area contributed by atoms with Crippen molar-refractivity contribution >= 4 is 45.0 Å². The van der Waals surface area contributed by atoms with Crippen LogP contribution in [0.3, 0.4) is 0 Å². The van der Waals surface area contributed by atoms with Gasteiger partial charge in [-0.1, -0.05) is 35.7 Å². The zero-order valence-corrected chi connectivity index (χ0v) is 19.6. The van der Waals surface area contributed by atoms with E-state index in [0.717, 1.165) is 19.3 Å². The Morgan fingerprint density at radius 2 is 1.81 bits per heavy atom. The second kappa shape index (κ2) is 9.20. The first kappa shape index (κ1) is 23.6. The van der Waals surface area contributed by atoms with Gasteiger partial charge < -0.3 is 15.6 Å². The van der Waals surface area contributed by atoms with Gasteiger partial charge in [-0.3, -0.25) is 9.59 Å². The van der Waals surface area contributed by atoms with Crippen LogP contribution in [0.25, 0.3) is 0 Å². The van der Waals surface area contributed by atoms with E-state index < -0.39 is 21.8 Å². The number of hydrogen-bond donors (Lipinski definition) is 2. The number of primary amides is 1. The molecule has 1 aromatic carbocycles. The zero-order chi connectivity index (χ0) is 22.9. The summed E-state index contributed by atoms with van der Waals surface area (Å²) in [5, 5.41) is 0.878. The van der Waals surface area contributed by atoms with E-state index in [4.69, 9.17) is 28.9 Å². The van der Waals surface area contributed by atoms with Crippen LogP contribution in [0.4, 0.5) is 0 Å². The fourth-order valence-corrected chi connectivity index (χ4v) is 6.05. The van der Waals surface area contributed by atoms with Crippen LogP contribution in [0.15, 0.2) is 23.1 Å². The van der Waals surface area contributed by atoms with Gasteiger partial charge in [-0.15, -0.1) is 0 Å². The first-order chi connectivity index (χ1) is 14.5. The number of rotatable bonds is 6. The van der Waals surface area contributed by atoms with E-state index in [1.54, 1.807) is 25.2 Å². The standard InChI is InChI=1S/C20H24Cl2N4O4S/c1-12-16(20(28)25(2)11-13-6-7-14(21)10-15(13)22)24-17(19(23)27)18(12)31(29,30)26-8-4-3-5-9-26/h6-7,10,24H,3-5,8-9,11H2,1-2H3,(H2,23,27). The molecular formula is C20H24Cl2N4O4S. The van der Waals surface area contributed by atoms with E-state index in [1.807, 2.05) is 0 Å². The molecule has 8 nitrogen and oxygen atoms in total. The molecule has 2 amide bonds. The van der Waals surface area contributed by atoms with Crippen LogP contribution in [0.2, 0.25) is 10.0 Å². The minimum atomic E-state index is -3.98. The van der Waals surface area contributed by atoms with E-state index in [9.17, 15) is 18.0 Å². The zero-order valence-electron chi connectivity index (χ0n) is 17.2. The highest BCUT2D eigenvalue weighted by atomic mass is 35.5. The molecule has 0 radical (unpaired) electrons. The summed E-state index contributed by atoms with van der Waals surface area (Å²) in [6.07, 6.45) is 2.43. The first-order valence-electron chi connectivity index (χ1n) is 9.76. The summed E-state index contributed by atoms with van der Waals surface area (Å²) in [6, 6.07) is 4.94. The molecule has 1 saturated heterocycles. The van der Waals surface area contributed by atoms with Gasteiger partial charge in [0.2, 0.25) is 10.0 Å². The predicted molar refractivity (Wildman–Crippen MR) is 119 cm³/mol. The number of nitrogens with zero attached hydrogens (tertiary/aromatic N) is 2. The van der Waals surface area contributed by atoms with E-state index in [1.165, 1.54) is 16.1 Å². The number of hydrogen-bond acceptors (Lipinski definition) is 4. The van der Waals surface area contributed by atoms with Gasteiger partial charge in [-0.05, 0) is 37.5 Å². The normalized spacial score (nSPS) is 15.1. The van der Waals surface area contributed by atoms with E-state index >= 15 is 0 Å². The number of nitrogens with one attached hydrogen (secondary N) is 1. The van der Waals surface area contributed by atoms with Gasteiger partial charge in [-0.2, -0.15) is 4.31 Å². The molecular weight excluding hydrogens is 463 g/mol. The summed E-state index contributed by atoms with van der Waals surface area (Å²) in [5.41, 5.74) is 5.99. The maximum absolute atomic E-state index is 13.3. The number of amides is 2. The van der Waals surface area contributed by atoms with E-state index in [0.29, 0.717) is 28.7 Å². The van der Waals surface area contributed by atoms with Crippen molar-refractivity contribution in [2.24, 2.45) is 5.73 Å². The van der Waals surface area contributed by atoms with Gasteiger partial charge in [0, 0.05) is 42.3 Å². The fraction of sp³-hybridized carbons (Fsp3) is 0.400. The Bertz CT molecular complexity index is 1120. The van der Waals surface area contributed by atoms with Gasteiger partial charge in [0.25, 0.3) is 11.8 Å². The van der Waals surface area contributed by atoms with Crippen molar-refractivity contribution < 1.29 is 18.0 Å². The summed E-state index contributed by atoms with van der Waals surface area (Å²) in [6.45, 7) is 2.39. The molecule has 1 fully saturated rings. The van der Waals surface area contributed by atoms with Gasteiger partial charge in [0.15, 0.2) is 0 Å². The summed E-state index contributed by atoms with van der Waals surface area (Å²) in [4.78, 5) is 28.9. The summed E-state index contributed by atoms with van der Waals surface area (Å²) < 4.78 is 27.8. The van der Waals surface area contributed by atoms with Crippen LogP contribution in [0.1, 0.15) is 51.4 Å². The summed E-state index contributed by atoms with van der Waals surface area (Å²) in [5.74, 6) is -1.44. The van der Waals surface area contributed by atoms with Gasteiger partial charge in [0.1, 0.15) is 16.3 Å². The SMILES string of the molecule is Cc1c(C(=O)N(C)Cc2ccc(Cl)cc2Cl)[nH]c(C(N)=O)c1S(=O)(=O)N1CCCCC1. The molecule has 0 saturated carbocycles. The smallest absolute Gasteiger partial charge is 0.270 e. The summed E-state index contributed by atoms with van der Waals surface area (Å²) in [7, 11) is -2.43. The minimum absolute atomic E-state index is 0.00281. The molecule has 1 aliphatic heterocycles. The quantitative estimate of drug-likeness (QED) is 0.651. The van der Waals surface area contributed by atoms with Crippen molar-refractivity contribution in [3.05, 3.63) is 50.8 Å². The average Bonchev–Trinajstić information content (AvgIpc) is 3.08. The minimum Gasteiger partial charge on any atom is -0.364 e. The lowest BCUT2D eigenvalue weighted by Gasteiger charge is -2.26. The molecule has 1 aromatic heterocycles. The van der Waals surface area contributed by atoms with Crippen LogP contribution >= 0.6 is 23.2 Å². The monoisotopic (exact) mass is 486 g/mol. The third-order valence-corrected chi connectivity index (χ3v) is 7.99. The van der Waals surface area contributed by atoms with Crippen LogP contribution in [-0.4, -0.2) is 54.6 Å². The van der Waals surface area contributed by atoms with Crippen molar-refractivity contribution in [2.75, 3.05) is 20.1 Å². The van der Waals surface area contributed by atoms with Crippen molar-refractivity contribution in [3.63, 3.8) is 0 Å².